The van der Waals surface area contributed by atoms with Crippen LogP contribution in [-0.2, 0) is 11.3 Å². The van der Waals surface area contributed by atoms with E-state index in [4.69, 9.17) is 17.0 Å². The first-order valence-corrected chi connectivity index (χ1v) is 13.0. The minimum absolute atomic E-state index is 0.0394. The van der Waals surface area contributed by atoms with Gasteiger partial charge in [-0.05, 0) is 75.2 Å². The highest BCUT2D eigenvalue weighted by Crippen LogP contribution is 2.18. The van der Waals surface area contributed by atoms with Gasteiger partial charge in [0.05, 0.1) is 25.3 Å². The van der Waals surface area contributed by atoms with E-state index in [0.29, 0.717) is 11.7 Å². The summed E-state index contributed by atoms with van der Waals surface area (Å²) in [5.74, 6) is 0. The van der Waals surface area contributed by atoms with Crippen molar-refractivity contribution in [2.45, 2.75) is 40.7 Å². The average Bonchev–Trinajstić information content (AvgIpc) is 2.83. The summed E-state index contributed by atoms with van der Waals surface area (Å²) in [6, 6.07) is 6.26. The van der Waals surface area contributed by atoms with Crippen molar-refractivity contribution >= 4 is 28.2 Å². The molecular formula is C26H41N5O2S. The number of hydrogen-bond acceptors (Lipinski definition) is 5. The Morgan fingerprint density at radius 2 is 1.88 bits per heavy atom. The van der Waals surface area contributed by atoms with Crippen molar-refractivity contribution in [3.63, 3.8) is 0 Å². The first kappa shape index (κ1) is 26.6. The number of morpholine rings is 1. The summed E-state index contributed by atoms with van der Waals surface area (Å²) in [6.45, 7) is 18.2. The van der Waals surface area contributed by atoms with Crippen molar-refractivity contribution < 1.29 is 4.74 Å². The number of ether oxygens (including phenoxy) is 1. The Hall–Kier alpha value is -2.00. The van der Waals surface area contributed by atoms with Crippen LogP contribution in [0, 0.1) is 13.8 Å². The number of thiocarbonyl (C=S) groups is 1. The summed E-state index contributed by atoms with van der Waals surface area (Å²) < 4.78 is 5.43. The summed E-state index contributed by atoms with van der Waals surface area (Å²) in [6.07, 6.45) is 1.03. The third-order valence-corrected chi connectivity index (χ3v) is 7.03. The lowest BCUT2D eigenvalue weighted by Gasteiger charge is -2.29. The fraction of sp³-hybridized carbons (Fsp3) is 0.615. The quantitative estimate of drug-likeness (QED) is 0.373. The molecule has 1 fully saturated rings. The number of aromatic amines is 1. The highest BCUT2D eigenvalue weighted by atomic mass is 32.1. The number of benzene rings is 1. The van der Waals surface area contributed by atoms with Crippen LogP contribution >= 0.6 is 12.2 Å². The standard InChI is InChI=1S/C26H41N5O2S/c1-5-29(6-2)10-11-31(26(34)27-8-7-9-30-12-14-33-15-13-30)19-23-18-22-17-20(3)16-21(4)24(22)28-25(23)32/h16-18H,5-15,19H2,1-4H3,(H,27,34)(H,28,32). The van der Waals surface area contributed by atoms with E-state index in [0.717, 1.165) is 94.0 Å². The SMILES string of the molecule is CCN(CC)CCN(Cc1cc2cc(C)cc(C)c2[nH]c1=O)C(=S)NCCCN1CCOCC1. The fourth-order valence-corrected chi connectivity index (χ4v) is 4.80. The van der Waals surface area contributed by atoms with Gasteiger partial charge in [-0.1, -0.05) is 25.5 Å². The maximum Gasteiger partial charge on any atom is 0.253 e. The molecule has 0 spiro atoms. The molecule has 2 N–H and O–H groups in total. The van der Waals surface area contributed by atoms with E-state index in [2.05, 4.69) is 57.9 Å². The van der Waals surface area contributed by atoms with Crippen molar-refractivity contribution in [1.82, 2.24) is 25.0 Å². The molecule has 188 valence electrons. The van der Waals surface area contributed by atoms with Crippen molar-refractivity contribution in [3.8, 4) is 0 Å². The summed E-state index contributed by atoms with van der Waals surface area (Å²) in [5.41, 5.74) is 3.91. The highest BCUT2D eigenvalue weighted by Gasteiger charge is 2.15. The summed E-state index contributed by atoms with van der Waals surface area (Å²) in [5, 5.41) is 5.23. The number of pyridine rings is 1. The number of rotatable bonds is 11. The van der Waals surface area contributed by atoms with Gasteiger partial charge >= 0.3 is 0 Å². The van der Waals surface area contributed by atoms with Crippen molar-refractivity contribution in [2.24, 2.45) is 0 Å². The number of nitrogens with one attached hydrogen (secondary N) is 2. The van der Waals surface area contributed by atoms with Crippen LogP contribution in [0.25, 0.3) is 10.9 Å². The molecule has 0 unspecified atom stereocenters. The van der Waals surface area contributed by atoms with Crippen LogP contribution < -0.4 is 10.9 Å². The predicted molar refractivity (Wildman–Crippen MR) is 145 cm³/mol. The van der Waals surface area contributed by atoms with E-state index in [-0.39, 0.29) is 5.56 Å². The number of fused-ring (bicyclic) bond motifs is 1. The predicted octanol–water partition coefficient (Wildman–Crippen LogP) is 2.89. The summed E-state index contributed by atoms with van der Waals surface area (Å²) >= 11 is 5.80. The normalized spacial score (nSPS) is 14.6. The Morgan fingerprint density at radius 3 is 2.59 bits per heavy atom. The molecule has 3 rings (SSSR count). The molecule has 1 aromatic carbocycles. The van der Waals surface area contributed by atoms with Gasteiger partial charge in [-0.15, -0.1) is 0 Å². The molecule has 2 heterocycles. The molecule has 0 radical (unpaired) electrons. The lowest BCUT2D eigenvalue weighted by atomic mass is 10.1. The molecule has 1 saturated heterocycles. The molecule has 0 atom stereocenters. The van der Waals surface area contributed by atoms with Gasteiger partial charge in [0, 0.05) is 38.3 Å². The molecule has 1 aliphatic heterocycles. The summed E-state index contributed by atoms with van der Waals surface area (Å²) in [4.78, 5) is 23.0. The summed E-state index contributed by atoms with van der Waals surface area (Å²) in [7, 11) is 0. The van der Waals surface area contributed by atoms with Crippen LogP contribution in [0.2, 0.25) is 0 Å². The zero-order valence-electron chi connectivity index (χ0n) is 21.3. The molecule has 1 aromatic heterocycles. The minimum Gasteiger partial charge on any atom is -0.379 e. The first-order valence-electron chi connectivity index (χ1n) is 12.6. The monoisotopic (exact) mass is 487 g/mol. The lowest BCUT2D eigenvalue weighted by Crippen LogP contribution is -2.45. The van der Waals surface area contributed by atoms with E-state index in [9.17, 15) is 4.79 Å². The molecule has 34 heavy (non-hydrogen) atoms. The van der Waals surface area contributed by atoms with Crippen molar-refractivity contribution in [2.75, 3.05) is 65.6 Å². The van der Waals surface area contributed by atoms with Crippen LogP contribution in [0.15, 0.2) is 23.0 Å². The Kier molecular flexibility index (Phi) is 10.3. The number of likely N-dealkylation sites (N-methyl/N-ethyl adjacent to an activating group) is 1. The maximum absolute atomic E-state index is 12.9. The molecule has 7 nitrogen and oxygen atoms in total. The Balaban J connectivity index is 1.68. The zero-order chi connectivity index (χ0) is 24.5. The second-order valence-corrected chi connectivity index (χ2v) is 9.54. The molecule has 0 bridgehead atoms. The van der Waals surface area contributed by atoms with Gasteiger partial charge in [0.2, 0.25) is 0 Å². The minimum atomic E-state index is -0.0394. The lowest BCUT2D eigenvalue weighted by molar-refractivity contribution is 0.0376. The van der Waals surface area contributed by atoms with Crippen LogP contribution in [-0.4, -0.2) is 90.4 Å². The molecule has 8 heteroatoms. The van der Waals surface area contributed by atoms with Gasteiger partial charge in [0.25, 0.3) is 5.56 Å². The van der Waals surface area contributed by atoms with Gasteiger partial charge in [0.1, 0.15) is 0 Å². The maximum atomic E-state index is 12.9. The smallest absolute Gasteiger partial charge is 0.253 e. The Bertz CT molecular complexity index is 999. The van der Waals surface area contributed by atoms with Gasteiger partial charge in [0.15, 0.2) is 5.11 Å². The van der Waals surface area contributed by atoms with Crippen LogP contribution in [0.5, 0.6) is 0 Å². The van der Waals surface area contributed by atoms with E-state index in [1.807, 2.05) is 13.0 Å². The van der Waals surface area contributed by atoms with E-state index in [1.54, 1.807) is 0 Å². The van der Waals surface area contributed by atoms with Gasteiger partial charge in [-0.2, -0.15) is 0 Å². The fourth-order valence-electron chi connectivity index (χ4n) is 4.54. The van der Waals surface area contributed by atoms with Crippen LogP contribution in [0.3, 0.4) is 0 Å². The number of H-pyrrole nitrogens is 1. The van der Waals surface area contributed by atoms with E-state index >= 15 is 0 Å². The van der Waals surface area contributed by atoms with Gasteiger partial charge < -0.3 is 24.8 Å². The third-order valence-electron chi connectivity index (χ3n) is 6.63. The second-order valence-electron chi connectivity index (χ2n) is 9.16. The van der Waals surface area contributed by atoms with Crippen LogP contribution in [0.1, 0.15) is 37.0 Å². The number of hydrogen-bond donors (Lipinski definition) is 2. The van der Waals surface area contributed by atoms with Crippen LogP contribution in [0.4, 0.5) is 0 Å². The number of aromatic nitrogens is 1. The molecular weight excluding hydrogens is 446 g/mol. The van der Waals surface area contributed by atoms with Gasteiger partial charge in [-0.25, -0.2) is 0 Å². The molecule has 0 amide bonds. The number of aryl methyl sites for hydroxylation is 2. The van der Waals surface area contributed by atoms with E-state index in [1.165, 1.54) is 5.56 Å². The average molecular weight is 488 g/mol. The first-order chi connectivity index (χ1) is 16.4. The Morgan fingerprint density at radius 1 is 1.15 bits per heavy atom. The van der Waals surface area contributed by atoms with Crippen molar-refractivity contribution in [3.05, 3.63) is 45.2 Å². The number of nitrogens with zero attached hydrogens (tertiary/aromatic N) is 3. The zero-order valence-corrected chi connectivity index (χ0v) is 22.1. The Labute approximate surface area is 209 Å². The topological polar surface area (TPSA) is 63.8 Å². The van der Waals surface area contributed by atoms with Crippen molar-refractivity contribution in [1.29, 1.82) is 0 Å². The highest BCUT2D eigenvalue weighted by molar-refractivity contribution is 7.80. The molecule has 2 aromatic rings. The third kappa shape index (κ3) is 7.50. The molecule has 1 aliphatic rings. The van der Waals surface area contributed by atoms with Gasteiger partial charge in [-0.3, -0.25) is 9.69 Å². The van der Waals surface area contributed by atoms with E-state index < -0.39 is 0 Å². The molecule has 0 aliphatic carbocycles. The molecule has 0 saturated carbocycles. The largest absolute Gasteiger partial charge is 0.379 e. The second kappa shape index (κ2) is 13.2.